The van der Waals surface area contributed by atoms with E-state index in [-0.39, 0.29) is 0 Å². The van der Waals surface area contributed by atoms with Crippen LogP contribution in [0.1, 0.15) is 49.7 Å². The van der Waals surface area contributed by atoms with E-state index in [0.717, 1.165) is 13.1 Å². The first kappa shape index (κ1) is 21.2. The topological polar surface area (TPSA) is 3.24 Å². The lowest BCUT2D eigenvalue weighted by Gasteiger charge is -2.25. The van der Waals surface area contributed by atoms with Crippen molar-refractivity contribution in [1.82, 2.24) is 0 Å². The molecule has 0 heterocycles. The third kappa shape index (κ3) is 8.15. The van der Waals surface area contributed by atoms with Gasteiger partial charge in [0.15, 0.2) is 0 Å². The highest BCUT2D eigenvalue weighted by molar-refractivity contribution is 5.45. The SMILES string of the molecule is c1ccc(CCCCCN(CCCCCc2ccccc2)c2ccccc2)cc1. The molecule has 0 N–H and O–H groups in total. The Balaban J connectivity index is 1.37. The molecular formula is C28H35N. The molecule has 0 aromatic heterocycles. The molecule has 0 atom stereocenters. The zero-order valence-corrected chi connectivity index (χ0v) is 17.7. The summed E-state index contributed by atoms with van der Waals surface area (Å²) < 4.78 is 0. The molecule has 0 aliphatic rings. The number of aryl methyl sites for hydroxylation is 2. The van der Waals surface area contributed by atoms with Crippen molar-refractivity contribution in [2.45, 2.75) is 51.4 Å². The fourth-order valence-electron chi connectivity index (χ4n) is 3.92. The zero-order chi connectivity index (χ0) is 20.0. The summed E-state index contributed by atoms with van der Waals surface area (Å²) in [6, 6.07) is 32.7. The normalized spacial score (nSPS) is 10.8. The van der Waals surface area contributed by atoms with E-state index < -0.39 is 0 Å². The molecule has 152 valence electrons. The van der Waals surface area contributed by atoms with Crippen molar-refractivity contribution in [3.8, 4) is 0 Å². The Morgan fingerprint density at radius 1 is 0.414 bits per heavy atom. The van der Waals surface area contributed by atoms with Gasteiger partial charge in [-0.3, -0.25) is 0 Å². The van der Waals surface area contributed by atoms with E-state index in [1.54, 1.807) is 0 Å². The van der Waals surface area contributed by atoms with E-state index in [0.29, 0.717) is 0 Å². The van der Waals surface area contributed by atoms with Crippen LogP contribution in [0.4, 0.5) is 5.69 Å². The first-order chi connectivity index (χ1) is 14.4. The predicted octanol–water partition coefficient (Wildman–Crippen LogP) is 7.32. The maximum Gasteiger partial charge on any atom is 0.0366 e. The van der Waals surface area contributed by atoms with Gasteiger partial charge in [0.05, 0.1) is 0 Å². The van der Waals surface area contributed by atoms with E-state index >= 15 is 0 Å². The molecule has 29 heavy (non-hydrogen) atoms. The van der Waals surface area contributed by atoms with Crippen molar-refractivity contribution in [2.75, 3.05) is 18.0 Å². The number of hydrogen-bond donors (Lipinski definition) is 0. The molecule has 0 aliphatic carbocycles. The fraction of sp³-hybridized carbons (Fsp3) is 0.357. The molecule has 1 nitrogen and oxygen atoms in total. The Bertz CT molecular complexity index is 718. The molecule has 3 aromatic carbocycles. The van der Waals surface area contributed by atoms with Gasteiger partial charge in [0.25, 0.3) is 0 Å². The second kappa shape index (κ2) is 12.8. The van der Waals surface area contributed by atoms with Crippen LogP contribution in [0.25, 0.3) is 0 Å². The molecule has 1 heteroatoms. The number of anilines is 1. The number of unbranched alkanes of at least 4 members (excludes halogenated alkanes) is 4. The molecule has 3 rings (SSSR count). The standard InChI is InChI=1S/C28H35N/c1-6-16-26(17-7-1)20-10-4-14-24-29(28-22-12-3-13-23-28)25-15-5-11-21-27-18-8-2-9-19-27/h1-3,6-9,12-13,16-19,22-23H,4-5,10-11,14-15,20-21,24-25H2. The summed E-state index contributed by atoms with van der Waals surface area (Å²) in [6.45, 7) is 2.33. The minimum Gasteiger partial charge on any atom is -0.372 e. The van der Waals surface area contributed by atoms with Gasteiger partial charge in [0, 0.05) is 18.8 Å². The summed E-state index contributed by atoms with van der Waals surface area (Å²) in [5, 5.41) is 0. The van der Waals surface area contributed by atoms with Gasteiger partial charge in [0.1, 0.15) is 0 Å². The van der Waals surface area contributed by atoms with Gasteiger partial charge >= 0.3 is 0 Å². The van der Waals surface area contributed by atoms with E-state index in [2.05, 4.69) is 95.9 Å². The monoisotopic (exact) mass is 385 g/mol. The molecule has 0 amide bonds. The van der Waals surface area contributed by atoms with E-state index in [9.17, 15) is 0 Å². The Morgan fingerprint density at radius 2 is 0.828 bits per heavy atom. The molecule has 0 saturated carbocycles. The minimum atomic E-state index is 1.16. The molecule has 0 spiro atoms. The van der Waals surface area contributed by atoms with E-state index in [1.165, 1.54) is 68.2 Å². The summed E-state index contributed by atoms with van der Waals surface area (Å²) >= 11 is 0. The number of rotatable bonds is 13. The lowest BCUT2D eigenvalue weighted by molar-refractivity contribution is 0.615. The molecule has 0 radical (unpaired) electrons. The summed E-state index contributed by atoms with van der Waals surface area (Å²) in [7, 11) is 0. The number of hydrogen-bond acceptors (Lipinski definition) is 1. The van der Waals surface area contributed by atoms with Crippen molar-refractivity contribution < 1.29 is 0 Å². The number of para-hydroxylation sites is 1. The van der Waals surface area contributed by atoms with Crippen LogP contribution in [0, 0.1) is 0 Å². The molecular weight excluding hydrogens is 350 g/mol. The smallest absolute Gasteiger partial charge is 0.0366 e. The Morgan fingerprint density at radius 3 is 1.28 bits per heavy atom. The number of nitrogens with zero attached hydrogens (tertiary/aromatic N) is 1. The lowest BCUT2D eigenvalue weighted by atomic mass is 10.1. The van der Waals surface area contributed by atoms with Crippen LogP contribution in [0.2, 0.25) is 0 Å². The van der Waals surface area contributed by atoms with Gasteiger partial charge in [-0.25, -0.2) is 0 Å². The largest absolute Gasteiger partial charge is 0.372 e. The van der Waals surface area contributed by atoms with Crippen LogP contribution >= 0.6 is 0 Å². The fourth-order valence-corrected chi connectivity index (χ4v) is 3.92. The van der Waals surface area contributed by atoms with Crippen LogP contribution in [-0.4, -0.2) is 13.1 Å². The van der Waals surface area contributed by atoms with Gasteiger partial charge in [0.2, 0.25) is 0 Å². The van der Waals surface area contributed by atoms with E-state index in [1.807, 2.05) is 0 Å². The van der Waals surface area contributed by atoms with Gasteiger partial charge in [-0.05, 0) is 61.8 Å². The Hall–Kier alpha value is -2.54. The van der Waals surface area contributed by atoms with Gasteiger partial charge < -0.3 is 4.90 Å². The van der Waals surface area contributed by atoms with Crippen molar-refractivity contribution in [3.05, 3.63) is 102 Å². The molecule has 3 aromatic rings. The Kier molecular flexibility index (Phi) is 9.37. The third-order valence-electron chi connectivity index (χ3n) is 5.59. The average Bonchev–Trinajstić information content (AvgIpc) is 2.79. The van der Waals surface area contributed by atoms with Crippen molar-refractivity contribution in [1.29, 1.82) is 0 Å². The quantitative estimate of drug-likeness (QED) is 0.279. The second-order valence-electron chi connectivity index (χ2n) is 7.92. The van der Waals surface area contributed by atoms with Crippen molar-refractivity contribution >= 4 is 5.69 Å². The zero-order valence-electron chi connectivity index (χ0n) is 17.7. The maximum atomic E-state index is 2.59. The average molecular weight is 386 g/mol. The summed E-state index contributed by atoms with van der Waals surface area (Å²) in [5.41, 5.74) is 4.30. The first-order valence-corrected chi connectivity index (χ1v) is 11.3. The highest BCUT2D eigenvalue weighted by Gasteiger charge is 2.06. The molecule has 0 bridgehead atoms. The third-order valence-corrected chi connectivity index (χ3v) is 5.59. The van der Waals surface area contributed by atoms with Crippen LogP contribution in [0.3, 0.4) is 0 Å². The molecule has 0 aliphatic heterocycles. The summed E-state index contributed by atoms with van der Waals surface area (Å²) in [4.78, 5) is 2.59. The highest BCUT2D eigenvalue weighted by Crippen LogP contribution is 2.17. The second-order valence-corrected chi connectivity index (χ2v) is 7.92. The summed E-state index contributed by atoms with van der Waals surface area (Å²) in [5.74, 6) is 0. The van der Waals surface area contributed by atoms with Gasteiger partial charge in [-0.1, -0.05) is 91.7 Å². The van der Waals surface area contributed by atoms with E-state index in [4.69, 9.17) is 0 Å². The van der Waals surface area contributed by atoms with Crippen LogP contribution in [0.5, 0.6) is 0 Å². The maximum absolute atomic E-state index is 2.59. The number of benzene rings is 3. The van der Waals surface area contributed by atoms with Crippen molar-refractivity contribution in [3.63, 3.8) is 0 Å². The first-order valence-electron chi connectivity index (χ1n) is 11.3. The van der Waals surface area contributed by atoms with Gasteiger partial charge in [-0.15, -0.1) is 0 Å². The lowest BCUT2D eigenvalue weighted by Crippen LogP contribution is -2.25. The van der Waals surface area contributed by atoms with Gasteiger partial charge in [-0.2, -0.15) is 0 Å². The Labute approximate surface area is 177 Å². The van der Waals surface area contributed by atoms with Crippen molar-refractivity contribution in [2.24, 2.45) is 0 Å². The predicted molar refractivity (Wildman–Crippen MR) is 127 cm³/mol. The molecule has 0 saturated heterocycles. The van der Waals surface area contributed by atoms with Crippen LogP contribution < -0.4 is 4.90 Å². The van der Waals surface area contributed by atoms with Crippen LogP contribution in [0.15, 0.2) is 91.0 Å². The summed E-state index contributed by atoms with van der Waals surface area (Å²) in [6.07, 6.45) is 10.1. The van der Waals surface area contributed by atoms with Crippen LogP contribution in [-0.2, 0) is 12.8 Å². The minimum absolute atomic E-state index is 1.16. The highest BCUT2D eigenvalue weighted by atomic mass is 15.1. The molecule has 0 fully saturated rings. The molecule has 0 unspecified atom stereocenters.